The highest BCUT2D eigenvalue weighted by atomic mass is 35.5. The Hall–Kier alpha value is -0.310. The molecule has 0 aromatic heterocycles. The van der Waals surface area contributed by atoms with E-state index >= 15 is 0 Å². The van der Waals surface area contributed by atoms with Crippen LogP contribution in [0.4, 0.5) is 0 Å². The molecule has 0 radical (unpaired) electrons. The minimum Gasteiger partial charge on any atom is -0.391 e. The number of aliphatic hydroxyl groups is 1. The molecule has 0 bridgehead atoms. The summed E-state index contributed by atoms with van der Waals surface area (Å²) in [6.45, 7) is 7.86. The van der Waals surface area contributed by atoms with E-state index in [1.165, 1.54) is 0 Å². The van der Waals surface area contributed by atoms with Crippen molar-refractivity contribution in [1.82, 2.24) is 5.32 Å². The van der Waals surface area contributed by atoms with Gasteiger partial charge in [0.05, 0.1) is 6.10 Å². The van der Waals surface area contributed by atoms with Gasteiger partial charge >= 0.3 is 0 Å². The van der Waals surface area contributed by atoms with Crippen LogP contribution in [0.25, 0.3) is 0 Å². The first-order valence-electron chi connectivity index (χ1n) is 4.43. The van der Waals surface area contributed by atoms with Crippen LogP contribution in [0.1, 0.15) is 12.8 Å². The van der Waals surface area contributed by atoms with Crippen molar-refractivity contribution in [2.75, 3.05) is 12.4 Å². The smallest absolute Gasteiger partial charge is 0.0799 e. The average Bonchev–Trinajstić information content (AvgIpc) is 2.14. The third-order valence-electron chi connectivity index (χ3n) is 1.72. The van der Waals surface area contributed by atoms with Crippen molar-refractivity contribution >= 4 is 11.6 Å². The first-order valence-corrected chi connectivity index (χ1v) is 4.97. The van der Waals surface area contributed by atoms with E-state index in [2.05, 4.69) is 18.5 Å². The summed E-state index contributed by atoms with van der Waals surface area (Å²) in [6.07, 6.45) is 4.99. The minimum absolute atomic E-state index is 0.266. The zero-order valence-corrected chi connectivity index (χ0v) is 8.63. The Morgan fingerprint density at radius 3 is 2.23 bits per heavy atom. The molecule has 0 aliphatic heterocycles. The average molecular weight is 204 g/mol. The second-order valence-corrected chi connectivity index (χ2v) is 3.27. The summed E-state index contributed by atoms with van der Waals surface area (Å²) in [7, 11) is 0. The Balaban J connectivity index is 3.66. The molecule has 0 saturated carbocycles. The van der Waals surface area contributed by atoms with Crippen molar-refractivity contribution in [3.05, 3.63) is 25.3 Å². The van der Waals surface area contributed by atoms with Crippen molar-refractivity contribution < 1.29 is 5.11 Å². The second kappa shape index (κ2) is 8.30. The molecule has 0 aliphatic rings. The van der Waals surface area contributed by atoms with E-state index in [0.29, 0.717) is 12.6 Å². The quantitative estimate of drug-likeness (QED) is 0.465. The Morgan fingerprint density at radius 1 is 1.31 bits per heavy atom. The number of nitrogens with one attached hydrogen (secondary N) is 1. The lowest BCUT2D eigenvalue weighted by Crippen LogP contribution is -2.35. The largest absolute Gasteiger partial charge is 0.391 e. The zero-order valence-electron chi connectivity index (χ0n) is 7.88. The summed E-state index contributed by atoms with van der Waals surface area (Å²) in [5.41, 5.74) is 0. The van der Waals surface area contributed by atoms with Crippen LogP contribution < -0.4 is 5.32 Å². The van der Waals surface area contributed by atoms with Crippen molar-refractivity contribution in [3.63, 3.8) is 0 Å². The van der Waals surface area contributed by atoms with Gasteiger partial charge < -0.3 is 10.4 Å². The van der Waals surface area contributed by atoms with Crippen LogP contribution in [-0.4, -0.2) is 29.7 Å². The molecule has 2 nitrogen and oxygen atoms in total. The van der Waals surface area contributed by atoms with Crippen LogP contribution in [0.15, 0.2) is 25.3 Å². The first-order chi connectivity index (χ1) is 6.24. The molecule has 0 spiro atoms. The maximum absolute atomic E-state index is 9.20. The highest BCUT2D eigenvalue weighted by Crippen LogP contribution is 1.99. The normalized spacial score (nSPS) is 12.8. The molecule has 0 fully saturated rings. The summed E-state index contributed by atoms with van der Waals surface area (Å²) in [4.78, 5) is 0. The Kier molecular flexibility index (Phi) is 8.10. The minimum atomic E-state index is -0.473. The topological polar surface area (TPSA) is 32.3 Å². The van der Waals surface area contributed by atoms with Gasteiger partial charge in [-0.2, -0.15) is 0 Å². The molecule has 0 aromatic rings. The molecule has 0 aliphatic carbocycles. The van der Waals surface area contributed by atoms with Gasteiger partial charge in [-0.1, -0.05) is 12.2 Å². The van der Waals surface area contributed by atoms with E-state index in [9.17, 15) is 5.11 Å². The first kappa shape index (κ1) is 12.7. The number of halogens is 1. The molecule has 3 heteroatoms. The van der Waals surface area contributed by atoms with Crippen LogP contribution in [0, 0.1) is 0 Å². The van der Waals surface area contributed by atoms with Crippen LogP contribution >= 0.6 is 11.6 Å². The summed E-state index contributed by atoms with van der Waals surface area (Å²) in [5, 5.41) is 12.4. The Labute approximate surface area is 85.3 Å². The van der Waals surface area contributed by atoms with Crippen molar-refractivity contribution in [3.8, 4) is 0 Å². The lowest BCUT2D eigenvalue weighted by atomic mass is 10.1. The number of alkyl halides is 1. The van der Waals surface area contributed by atoms with Gasteiger partial charge in [0, 0.05) is 18.5 Å². The Morgan fingerprint density at radius 2 is 1.85 bits per heavy atom. The van der Waals surface area contributed by atoms with Gasteiger partial charge in [0.2, 0.25) is 0 Å². The molecule has 0 amide bonds. The summed E-state index contributed by atoms with van der Waals surface area (Å²) >= 11 is 5.46. The monoisotopic (exact) mass is 203 g/mol. The second-order valence-electron chi connectivity index (χ2n) is 2.96. The standard InChI is InChI=1S/C10H18ClNO/c1-3-5-9(6-4-2)12-8-10(13)7-11/h3-4,9-10,12-13H,1-2,5-8H2. The molecule has 0 heterocycles. The molecular weight excluding hydrogens is 186 g/mol. The van der Waals surface area contributed by atoms with E-state index in [1.807, 2.05) is 12.2 Å². The lowest BCUT2D eigenvalue weighted by molar-refractivity contribution is 0.189. The van der Waals surface area contributed by atoms with Gasteiger partial charge in [-0.3, -0.25) is 0 Å². The maximum Gasteiger partial charge on any atom is 0.0799 e. The van der Waals surface area contributed by atoms with Crippen LogP contribution in [0.2, 0.25) is 0 Å². The van der Waals surface area contributed by atoms with E-state index in [-0.39, 0.29) is 5.88 Å². The van der Waals surface area contributed by atoms with Gasteiger partial charge in [-0.15, -0.1) is 24.8 Å². The SMILES string of the molecule is C=CCC(CC=C)NCC(O)CCl. The van der Waals surface area contributed by atoms with Gasteiger partial charge in [-0.25, -0.2) is 0 Å². The number of rotatable bonds is 8. The lowest BCUT2D eigenvalue weighted by Gasteiger charge is -2.16. The van der Waals surface area contributed by atoms with Crippen LogP contribution in [-0.2, 0) is 0 Å². The summed E-state index contributed by atoms with van der Waals surface area (Å²) in [5.74, 6) is 0.266. The highest BCUT2D eigenvalue weighted by molar-refractivity contribution is 6.18. The molecule has 2 N–H and O–H groups in total. The predicted octanol–water partition coefficient (Wildman–Crippen LogP) is 1.70. The number of hydrogen-bond donors (Lipinski definition) is 2. The van der Waals surface area contributed by atoms with Crippen molar-refractivity contribution in [1.29, 1.82) is 0 Å². The predicted molar refractivity (Wildman–Crippen MR) is 58.1 cm³/mol. The van der Waals surface area contributed by atoms with E-state index in [4.69, 9.17) is 11.6 Å². The van der Waals surface area contributed by atoms with Gasteiger partial charge in [0.15, 0.2) is 0 Å². The summed E-state index contributed by atoms with van der Waals surface area (Å²) < 4.78 is 0. The fraction of sp³-hybridized carbons (Fsp3) is 0.600. The van der Waals surface area contributed by atoms with Crippen LogP contribution in [0.5, 0.6) is 0 Å². The van der Waals surface area contributed by atoms with Crippen molar-refractivity contribution in [2.45, 2.75) is 25.0 Å². The van der Waals surface area contributed by atoms with Crippen LogP contribution in [0.3, 0.4) is 0 Å². The maximum atomic E-state index is 9.20. The molecule has 0 saturated heterocycles. The zero-order chi connectivity index (χ0) is 10.1. The van der Waals surface area contributed by atoms with E-state index in [0.717, 1.165) is 12.8 Å². The molecule has 0 rings (SSSR count). The fourth-order valence-corrected chi connectivity index (χ4v) is 1.13. The molecule has 0 aromatic carbocycles. The van der Waals surface area contributed by atoms with Gasteiger partial charge in [0.1, 0.15) is 0 Å². The highest BCUT2D eigenvalue weighted by Gasteiger charge is 2.06. The van der Waals surface area contributed by atoms with Gasteiger partial charge in [-0.05, 0) is 12.8 Å². The number of aliphatic hydroxyl groups excluding tert-OH is 1. The van der Waals surface area contributed by atoms with Gasteiger partial charge in [0.25, 0.3) is 0 Å². The molecule has 1 unspecified atom stereocenters. The third-order valence-corrected chi connectivity index (χ3v) is 2.08. The summed E-state index contributed by atoms with van der Waals surface area (Å²) in [6, 6.07) is 0.313. The Bertz CT molecular complexity index is 140. The fourth-order valence-electron chi connectivity index (χ4n) is 1.02. The molecule has 76 valence electrons. The molecule has 1 atom stereocenters. The van der Waals surface area contributed by atoms with E-state index in [1.54, 1.807) is 0 Å². The number of hydrogen-bond acceptors (Lipinski definition) is 2. The molecular formula is C10H18ClNO. The van der Waals surface area contributed by atoms with E-state index < -0.39 is 6.10 Å². The van der Waals surface area contributed by atoms with Crippen molar-refractivity contribution in [2.24, 2.45) is 0 Å². The molecule has 13 heavy (non-hydrogen) atoms. The third kappa shape index (κ3) is 6.82.